The molecule has 2 amide bonds. The molecule has 24 heavy (non-hydrogen) atoms. The van der Waals surface area contributed by atoms with Gasteiger partial charge >= 0.3 is 6.03 Å². The van der Waals surface area contributed by atoms with E-state index in [4.69, 9.17) is 9.47 Å². The first kappa shape index (κ1) is 16.9. The molecule has 5 heteroatoms. The van der Waals surface area contributed by atoms with Gasteiger partial charge in [0.05, 0.1) is 0 Å². The molecule has 1 saturated heterocycles. The fraction of sp³-hybridized carbons (Fsp3) is 0.632. The molecule has 0 saturated carbocycles. The number of urea groups is 1. The summed E-state index contributed by atoms with van der Waals surface area (Å²) in [5.74, 6) is 2.71. The third kappa shape index (κ3) is 3.60. The molecular weight excluding hydrogens is 304 g/mol. The largest absolute Gasteiger partial charge is 0.454 e. The molecule has 1 aromatic rings. The Morgan fingerprint density at radius 3 is 2.58 bits per heavy atom. The molecule has 0 aromatic heterocycles. The smallest absolute Gasteiger partial charge is 0.317 e. The topological polar surface area (TPSA) is 50.8 Å². The van der Waals surface area contributed by atoms with Crippen LogP contribution < -0.4 is 14.8 Å². The normalized spacial score (nSPS) is 23.2. The standard InChI is InChI=1S/C19H28N2O3/c1-13-7-14(2)10-21(9-13)18(22)20-11-19(3,4)15-5-6-16-17(8-15)24-12-23-16/h5-6,8,13-14H,7,9-12H2,1-4H3,(H,20,22). The summed E-state index contributed by atoms with van der Waals surface area (Å²) < 4.78 is 10.8. The van der Waals surface area contributed by atoms with Crippen LogP contribution in [-0.4, -0.2) is 37.4 Å². The first-order valence-corrected chi connectivity index (χ1v) is 8.78. The van der Waals surface area contributed by atoms with E-state index in [1.165, 1.54) is 6.42 Å². The van der Waals surface area contributed by atoms with E-state index in [1.54, 1.807) is 0 Å². The number of piperidine rings is 1. The van der Waals surface area contributed by atoms with E-state index in [2.05, 4.69) is 33.0 Å². The Balaban J connectivity index is 1.61. The zero-order valence-corrected chi connectivity index (χ0v) is 15.1. The van der Waals surface area contributed by atoms with Crippen LogP contribution in [0.2, 0.25) is 0 Å². The predicted octanol–water partition coefficient (Wildman–Crippen LogP) is 3.38. The third-order valence-electron chi connectivity index (χ3n) is 4.99. The number of likely N-dealkylation sites (tertiary alicyclic amines) is 1. The summed E-state index contributed by atoms with van der Waals surface area (Å²) in [6, 6.07) is 6.04. The molecular formula is C19H28N2O3. The fourth-order valence-corrected chi connectivity index (χ4v) is 3.66. The highest BCUT2D eigenvalue weighted by Gasteiger charge is 2.28. The van der Waals surface area contributed by atoms with E-state index < -0.39 is 0 Å². The minimum absolute atomic E-state index is 0.0437. The van der Waals surface area contributed by atoms with Crippen LogP contribution in [0.1, 0.15) is 39.7 Å². The number of carbonyl (C=O) groups is 1. The second kappa shape index (κ2) is 6.54. The van der Waals surface area contributed by atoms with Crippen molar-refractivity contribution in [3.8, 4) is 11.5 Å². The molecule has 2 atom stereocenters. The Labute approximate surface area is 144 Å². The van der Waals surface area contributed by atoms with E-state index in [9.17, 15) is 4.79 Å². The number of hydrogen-bond donors (Lipinski definition) is 1. The lowest BCUT2D eigenvalue weighted by molar-refractivity contribution is 0.145. The molecule has 2 aliphatic heterocycles. The van der Waals surface area contributed by atoms with Crippen LogP contribution in [0.3, 0.4) is 0 Å². The minimum atomic E-state index is -0.177. The number of amides is 2. The van der Waals surface area contributed by atoms with E-state index in [0.29, 0.717) is 18.4 Å². The summed E-state index contributed by atoms with van der Waals surface area (Å²) in [6.07, 6.45) is 1.20. The minimum Gasteiger partial charge on any atom is -0.454 e. The fourth-order valence-electron chi connectivity index (χ4n) is 3.66. The zero-order chi connectivity index (χ0) is 17.3. The number of benzene rings is 1. The molecule has 132 valence electrons. The molecule has 3 rings (SSSR count). The van der Waals surface area contributed by atoms with Crippen molar-refractivity contribution in [1.29, 1.82) is 0 Å². The molecule has 0 bridgehead atoms. The SMILES string of the molecule is CC1CC(C)CN(C(=O)NCC(C)(C)c2ccc3c(c2)OCO3)C1. The van der Waals surface area contributed by atoms with Crippen molar-refractivity contribution in [1.82, 2.24) is 10.2 Å². The van der Waals surface area contributed by atoms with Crippen LogP contribution >= 0.6 is 0 Å². The Morgan fingerprint density at radius 1 is 1.21 bits per heavy atom. The van der Waals surface area contributed by atoms with Crippen molar-refractivity contribution in [2.45, 2.75) is 39.5 Å². The van der Waals surface area contributed by atoms with Crippen LogP contribution in [0.15, 0.2) is 18.2 Å². The summed E-state index contributed by atoms with van der Waals surface area (Å²) in [6.45, 7) is 11.3. The second-order valence-electron chi connectivity index (χ2n) is 7.96. The lowest BCUT2D eigenvalue weighted by Gasteiger charge is -2.36. The van der Waals surface area contributed by atoms with Crippen molar-refractivity contribution in [3.63, 3.8) is 0 Å². The first-order valence-electron chi connectivity index (χ1n) is 8.78. The lowest BCUT2D eigenvalue weighted by atomic mass is 9.84. The van der Waals surface area contributed by atoms with E-state index in [-0.39, 0.29) is 18.2 Å². The summed E-state index contributed by atoms with van der Waals surface area (Å²) in [7, 11) is 0. The number of fused-ring (bicyclic) bond motifs is 1. The van der Waals surface area contributed by atoms with Gasteiger partial charge in [-0.3, -0.25) is 0 Å². The van der Waals surface area contributed by atoms with Crippen LogP contribution in [-0.2, 0) is 5.41 Å². The molecule has 1 fully saturated rings. The van der Waals surface area contributed by atoms with Gasteiger partial charge < -0.3 is 19.7 Å². The maximum atomic E-state index is 12.5. The number of rotatable bonds is 3. The Kier molecular flexibility index (Phi) is 4.61. The summed E-state index contributed by atoms with van der Waals surface area (Å²) in [5, 5.41) is 3.11. The zero-order valence-electron chi connectivity index (χ0n) is 15.1. The highest BCUT2D eigenvalue weighted by molar-refractivity contribution is 5.74. The van der Waals surface area contributed by atoms with Gasteiger partial charge in [-0.2, -0.15) is 0 Å². The Hall–Kier alpha value is -1.91. The average Bonchev–Trinajstić information content (AvgIpc) is 2.99. The number of carbonyl (C=O) groups excluding carboxylic acids is 1. The molecule has 1 N–H and O–H groups in total. The highest BCUT2D eigenvalue weighted by Crippen LogP contribution is 2.36. The van der Waals surface area contributed by atoms with Gasteiger partial charge in [-0.05, 0) is 36.0 Å². The van der Waals surface area contributed by atoms with E-state index in [1.807, 2.05) is 23.1 Å². The Morgan fingerprint density at radius 2 is 1.88 bits per heavy atom. The molecule has 2 aliphatic rings. The number of hydrogen-bond acceptors (Lipinski definition) is 3. The summed E-state index contributed by atoms with van der Waals surface area (Å²) in [4.78, 5) is 14.5. The van der Waals surface area contributed by atoms with Crippen molar-refractivity contribution < 1.29 is 14.3 Å². The molecule has 2 heterocycles. The van der Waals surface area contributed by atoms with Crippen molar-refractivity contribution in [2.75, 3.05) is 26.4 Å². The quantitative estimate of drug-likeness (QED) is 0.923. The highest BCUT2D eigenvalue weighted by atomic mass is 16.7. The van der Waals surface area contributed by atoms with Crippen molar-refractivity contribution in [2.24, 2.45) is 11.8 Å². The van der Waals surface area contributed by atoms with Crippen LogP contribution in [0.25, 0.3) is 0 Å². The first-order chi connectivity index (χ1) is 11.3. The van der Waals surface area contributed by atoms with Gasteiger partial charge in [-0.1, -0.05) is 33.8 Å². The van der Waals surface area contributed by atoms with Gasteiger partial charge in [-0.15, -0.1) is 0 Å². The predicted molar refractivity (Wildman–Crippen MR) is 93.5 cm³/mol. The van der Waals surface area contributed by atoms with Gasteiger partial charge in [-0.25, -0.2) is 4.79 Å². The second-order valence-corrected chi connectivity index (χ2v) is 7.96. The molecule has 0 spiro atoms. The van der Waals surface area contributed by atoms with Gasteiger partial charge in [0.15, 0.2) is 11.5 Å². The Bertz CT molecular complexity index is 605. The monoisotopic (exact) mass is 332 g/mol. The molecule has 1 aromatic carbocycles. The van der Waals surface area contributed by atoms with Gasteiger partial charge in [0, 0.05) is 25.0 Å². The van der Waals surface area contributed by atoms with Crippen molar-refractivity contribution >= 4 is 6.03 Å². The lowest BCUT2D eigenvalue weighted by Crippen LogP contribution is -2.49. The van der Waals surface area contributed by atoms with Gasteiger partial charge in [0.2, 0.25) is 6.79 Å². The number of nitrogens with zero attached hydrogens (tertiary/aromatic N) is 1. The molecule has 0 radical (unpaired) electrons. The summed E-state index contributed by atoms with van der Waals surface area (Å²) >= 11 is 0. The summed E-state index contributed by atoms with van der Waals surface area (Å²) in [5.41, 5.74) is 0.955. The number of nitrogens with one attached hydrogen (secondary N) is 1. The van der Waals surface area contributed by atoms with E-state index in [0.717, 1.165) is 30.2 Å². The van der Waals surface area contributed by atoms with Gasteiger partial charge in [0.1, 0.15) is 0 Å². The van der Waals surface area contributed by atoms with Crippen LogP contribution in [0.5, 0.6) is 11.5 Å². The maximum Gasteiger partial charge on any atom is 0.317 e. The molecule has 5 nitrogen and oxygen atoms in total. The number of ether oxygens (including phenoxy) is 2. The third-order valence-corrected chi connectivity index (χ3v) is 4.99. The molecule has 2 unspecified atom stereocenters. The maximum absolute atomic E-state index is 12.5. The molecule has 0 aliphatic carbocycles. The van der Waals surface area contributed by atoms with Crippen LogP contribution in [0.4, 0.5) is 4.79 Å². The van der Waals surface area contributed by atoms with Gasteiger partial charge in [0.25, 0.3) is 0 Å². The van der Waals surface area contributed by atoms with Crippen molar-refractivity contribution in [3.05, 3.63) is 23.8 Å². The van der Waals surface area contributed by atoms with E-state index >= 15 is 0 Å². The average molecular weight is 332 g/mol. The van der Waals surface area contributed by atoms with Crippen LogP contribution in [0, 0.1) is 11.8 Å².